The summed E-state index contributed by atoms with van der Waals surface area (Å²) in [5.41, 5.74) is 4.17. The molecule has 134 valence electrons. The highest BCUT2D eigenvalue weighted by Gasteiger charge is 2.28. The Labute approximate surface area is 161 Å². The van der Waals surface area contributed by atoms with E-state index in [1.165, 1.54) is 15.6 Å². The molecule has 3 nitrogen and oxygen atoms in total. The molecule has 5 rings (SSSR count). The molecule has 0 saturated heterocycles. The quantitative estimate of drug-likeness (QED) is 0.489. The number of thiophene rings is 1. The standard InChI is InChI=1S/C22H18FN3S/c1-26-12-18(14-2-5-21-15(10-14)6-9-27-21)16-3-4-17(22(23)19(16)13-26)20-11-24-7-8-25-20/h2-11,18H,12-13H2,1H3. The third kappa shape index (κ3) is 2.83. The van der Waals surface area contributed by atoms with Crippen molar-refractivity contribution in [3.8, 4) is 11.3 Å². The third-order valence-electron chi connectivity index (χ3n) is 5.30. The summed E-state index contributed by atoms with van der Waals surface area (Å²) in [7, 11) is 2.05. The van der Waals surface area contributed by atoms with Crippen LogP contribution in [0.2, 0.25) is 0 Å². The fraction of sp³-hybridized carbons (Fsp3) is 0.182. The molecular formula is C22H18FN3S. The van der Waals surface area contributed by atoms with E-state index in [1.807, 2.05) is 13.1 Å². The Morgan fingerprint density at radius 3 is 2.93 bits per heavy atom. The summed E-state index contributed by atoms with van der Waals surface area (Å²) in [6, 6.07) is 12.7. The fourth-order valence-electron chi connectivity index (χ4n) is 3.99. The van der Waals surface area contributed by atoms with E-state index in [1.54, 1.807) is 29.9 Å². The van der Waals surface area contributed by atoms with E-state index in [2.05, 4.69) is 50.6 Å². The summed E-state index contributed by atoms with van der Waals surface area (Å²) in [5, 5.41) is 3.37. The van der Waals surface area contributed by atoms with Gasteiger partial charge in [-0.2, -0.15) is 0 Å². The third-order valence-corrected chi connectivity index (χ3v) is 6.19. The first-order chi connectivity index (χ1) is 13.2. The van der Waals surface area contributed by atoms with Crippen LogP contribution in [0.5, 0.6) is 0 Å². The molecule has 1 atom stereocenters. The summed E-state index contributed by atoms with van der Waals surface area (Å²) >= 11 is 1.75. The molecule has 1 unspecified atom stereocenters. The van der Waals surface area contributed by atoms with Gasteiger partial charge in [0.1, 0.15) is 5.82 Å². The van der Waals surface area contributed by atoms with E-state index in [4.69, 9.17) is 0 Å². The van der Waals surface area contributed by atoms with Crippen LogP contribution in [0.3, 0.4) is 0 Å². The predicted octanol–water partition coefficient (Wildman–Crippen LogP) is 5.07. The maximum atomic E-state index is 15.4. The molecule has 0 amide bonds. The van der Waals surface area contributed by atoms with Crippen LogP contribution in [-0.2, 0) is 6.54 Å². The van der Waals surface area contributed by atoms with Crippen molar-refractivity contribution in [1.29, 1.82) is 0 Å². The van der Waals surface area contributed by atoms with E-state index >= 15 is 4.39 Å². The van der Waals surface area contributed by atoms with Crippen LogP contribution in [0, 0.1) is 5.82 Å². The molecule has 0 saturated carbocycles. The summed E-state index contributed by atoms with van der Waals surface area (Å²) in [6.07, 6.45) is 4.81. The van der Waals surface area contributed by atoms with E-state index in [0.29, 0.717) is 17.8 Å². The average molecular weight is 375 g/mol. The van der Waals surface area contributed by atoms with Gasteiger partial charge >= 0.3 is 0 Å². The van der Waals surface area contributed by atoms with Crippen LogP contribution in [0.4, 0.5) is 4.39 Å². The summed E-state index contributed by atoms with van der Waals surface area (Å²) in [5.74, 6) is -0.0189. The highest BCUT2D eigenvalue weighted by atomic mass is 32.1. The molecule has 1 aliphatic rings. The zero-order chi connectivity index (χ0) is 18.4. The number of fused-ring (bicyclic) bond motifs is 2. The Kier molecular flexibility index (Phi) is 3.99. The van der Waals surface area contributed by atoms with Crippen LogP contribution >= 0.6 is 11.3 Å². The van der Waals surface area contributed by atoms with Gasteiger partial charge in [-0.05, 0) is 53.2 Å². The maximum Gasteiger partial charge on any atom is 0.137 e. The van der Waals surface area contributed by atoms with E-state index in [-0.39, 0.29) is 11.7 Å². The largest absolute Gasteiger partial charge is 0.301 e. The van der Waals surface area contributed by atoms with Crippen molar-refractivity contribution >= 4 is 21.4 Å². The smallest absolute Gasteiger partial charge is 0.137 e. The lowest BCUT2D eigenvalue weighted by atomic mass is 9.83. The monoisotopic (exact) mass is 375 g/mol. The van der Waals surface area contributed by atoms with Gasteiger partial charge in [-0.1, -0.05) is 12.1 Å². The molecule has 3 heterocycles. The molecule has 0 spiro atoms. The minimum absolute atomic E-state index is 0.161. The van der Waals surface area contributed by atoms with Crippen LogP contribution in [0.15, 0.2) is 60.4 Å². The summed E-state index contributed by atoms with van der Waals surface area (Å²) in [6.45, 7) is 1.49. The maximum absolute atomic E-state index is 15.4. The molecule has 1 aliphatic heterocycles. The van der Waals surface area contributed by atoms with Gasteiger partial charge in [-0.15, -0.1) is 11.3 Å². The zero-order valence-electron chi connectivity index (χ0n) is 14.9. The van der Waals surface area contributed by atoms with E-state index < -0.39 is 0 Å². The first-order valence-electron chi connectivity index (χ1n) is 8.94. The molecule has 0 bridgehead atoms. The number of benzene rings is 2. The number of hydrogen-bond donors (Lipinski definition) is 0. The van der Waals surface area contributed by atoms with Crippen LogP contribution < -0.4 is 0 Å². The van der Waals surface area contributed by atoms with Gasteiger partial charge in [0.25, 0.3) is 0 Å². The summed E-state index contributed by atoms with van der Waals surface area (Å²) in [4.78, 5) is 10.5. The second-order valence-corrected chi connectivity index (χ2v) is 8.00. The Morgan fingerprint density at radius 2 is 2.07 bits per heavy atom. The minimum atomic E-state index is -0.179. The van der Waals surface area contributed by atoms with E-state index in [0.717, 1.165) is 17.7 Å². The Morgan fingerprint density at radius 1 is 1.15 bits per heavy atom. The van der Waals surface area contributed by atoms with E-state index in [9.17, 15) is 0 Å². The first-order valence-corrected chi connectivity index (χ1v) is 9.82. The number of aromatic nitrogens is 2. The number of likely N-dealkylation sites (N-methyl/N-ethyl adjacent to an activating group) is 1. The molecule has 0 aliphatic carbocycles. The van der Waals surface area contributed by atoms with Gasteiger partial charge in [-0.3, -0.25) is 9.97 Å². The fourth-order valence-corrected chi connectivity index (χ4v) is 4.76. The number of hydrogen-bond acceptors (Lipinski definition) is 4. The molecule has 5 heteroatoms. The average Bonchev–Trinajstić information content (AvgIpc) is 3.17. The predicted molar refractivity (Wildman–Crippen MR) is 107 cm³/mol. The van der Waals surface area contributed by atoms with Gasteiger partial charge in [0.2, 0.25) is 0 Å². The van der Waals surface area contributed by atoms with Crippen molar-refractivity contribution in [3.63, 3.8) is 0 Å². The van der Waals surface area contributed by atoms with Crippen LogP contribution in [-0.4, -0.2) is 28.5 Å². The van der Waals surface area contributed by atoms with Crippen LogP contribution in [0.1, 0.15) is 22.6 Å². The minimum Gasteiger partial charge on any atom is -0.301 e. The lowest BCUT2D eigenvalue weighted by molar-refractivity contribution is 0.289. The first kappa shape index (κ1) is 16.5. The van der Waals surface area contributed by atoms with Crippen molar-refractivity contribution in [2.45, 2.75) is 12.5 Å². The molecule has 27 heavy (non-hydrogen) atoms. The second-order valence-electron chi connectivity index (χ2n) is 7.05. The van der Waals surface area contributed by atoms with Crippen LogP contribution in [0.25, 0.3) is 21.3 Å². The highest BCUT2D eigenvalue weighted by Crippen LogP contribution is 2.38. The Hall–Kier alpha value is -2.63. The Bertz CT molecular complexity index is 1120. The number of nitrogens with zero attached hydrogens (tertiary/aromatic N) is 3. The van der Waals surface area contributed by atoms with Gasteiger partial charge in [0.15, 0.2) is 0 Å². The van der Waals surface area contributed by atoms with Crippen molar-refractivity contribution in [1.82, 2.24) is 14.9 Å². The lowest BCUT2D eigenvalue weighted by Gasteiger charge is -2.33. The SMILES string of the molecule is CN1Cc2c(ccc(-c3cnccn3)c2F)C(c2ccc3sccc3c2)C1. The van der Waals surface area contributed by atoms with Crippen molar-refractivity contribution in [2.75, 3.05) is 13.6 Å². The number of halogens is 1. The summed E-state index contributed by atoms with van der Waals surface area (Å²) < 4.78 is 16.7. The van der Waals surface area contributed by atoms with Crippen molar-refractivity contribution < 1.29 is 4.39 Å². The topological polar surface area (TPSA) is 29.0 Å². The van der Waals surface area contributed by atoms with Crippen molar-refractivity contribution in [2.24, 2.45) is 0 Å². The highest BCUT2D eigenvalue weighted by molar-refractivity contribution is 7.17. The van der Waals surface area contributed by atoms with Gasteiger partial charge in [-0.25, -0.2) is 4.39 Å². The zero-order valence-corrected chi connectivity index (χ0v) is 15.7. The van der Waals surface area contributed by atoms with Crippen molar-refractivity contribution in [3.05, 3.63) is 82.9 Å². The van der Waals surface area contributed by atoms with Gasteiger partial charge < -0.3 is 4.90 Å². The Balaban J connectivity index is 1.64. The molecule has 2 aromatic heterocycles. The lowest BCUT2D eigenvalue weighted by Crippen LogP contribution is -2.31. The molecule has 4 aromatic rings. The van der Waals surface area contributed by atoms with Gasteiger partial charge in [0, 0.05) is 47.2 Å². The second kappa shape index (κ2) is 6.51. The molecule has 0 radical (unpaired) electrons. The molecular weight excluding hydrogens is 357 g/mol. The normalized spacial score (nSPS) is 17.2. The molecule has 0 fully saturated rings. The molecule has 0 N–H and O–H groups in total. The van der Waals surface area contributed by atoms with Gasteiger partial charge in [0.05, 0.1) is 11.9 Å². The number of rotatable bonds is 2. The molecule has 2 aromatic carbocycles.